The lowest BCUT2D eigenvalue weighted by molar-refractivity contribution is 0.0641. The molecule has 0 aromatic rings. The molecular weight excluding hydrogens is 132 g/mol. The van der Waals surface area contributed by atoms with Gasteiger partial charge in [0.05, 0.1) is 0 Å². The van der Waals surface area contributed by atoms with Gasteiger partial charge in [-0.1, -0.05) is 6.08 Å². The molecule has 0 radical (unpaired) electrons. The Kier molecular flexibility index (Phi) is 2.31. The molecule has 3 nitrogen and oxygen atoms in total. The van der Waals surface area contributed by atoms with Crippen LogP contribution < -0.4 is 0 Å². The molecule has 56 valence electrons. The summed E-state index contributed by atoms with van der Waals surface area (Å²) >= 11 is 0. The first kappa shape index (κ1) is 7.12. The van der Waals surface area contributed by atoms with Gasteiger partial charge in [-0.3, -0.25) is 0 Å². The Bertz CT molecular complexity index is 151. The average Bonchev–Trinajstić information content (AvgIpc) is 1.88. The summed E-state index contributed by atoms with van der Waals surface area (Å²) in [7, 11) is 0. The van der Waals surface area contributed by atoms with Gasteiger partial charge in [-0.2, -0.15) is 0 Å². The predicted octanol–water partition coefficient (Wildman–Crippen LogP) is 1.79. The Morgan fingerprint density at radius 2 is 2.50 bits per heavy atom. The maximum Gasteiger partial charge on any atom is 0.506 e. The highest BCUT2D eigenvalue weighted by Crippen LogP contribution is 2.13. The zero-order valence-corrected chi connectivity index (χ0v) is 5.62. The number of ether oxygens (including phenoxy) is 1. The van der Waals surface area contributed by atoms with E-state index >= 15 is 0 Å². The van der Waals surface area contributed by atoms with Crippen LogP contribution in [0.2, 0.25) is 0 Å². The topological polar surface area (TPSA) is 46.5 Å². The normalized spacial score (nSPS) is 24.2. The molecule has 0 fully saturated rings. The summed E-state index contributed by atoms with van der Waals surface area (Å²) < 4.78 is 4.52. The van der Waals surface area contributed by atoms with E-state index in [4.69, 9.17) is 5.11 Å². The van der Waals surface area contributed by atoms with E-state index in [9.17, 15) is 4.79 Å². The minimum Gasteiger partial charge on any atom is -0.450 e. The lowest BCUT2D eigenvalue weighted by atomic mass is 10.1. The van der Waals surface area contributed by atoms with Crippen molar-refractivity contribution in [2.45, 2.75) is 25.4 Å². The fraction of sp³-hybridized carbons (Fsp3) is 0.571. The molecule has 0 saturated heterocycles. The molecule has 1 rings (SSSR count). The number of carboxylic acid groups (broad SMARTS) is 1. The first-order chi connectivity index (χ1) is 4.79. The third kappa shape index (κ3) is 2.09. The highest BCUT2D eigenvalue weighted by Gasteiger charge is 2.11. The Balaban J connectivity index is 2.33. The van der Waals surface area contributed by atoms with Crippen molar-refractivity contribution >= 4 is 6.16 Å². The van der Waals surface area contributed by atoms with Gasteiger partial charge in [0.1, 0.15) is 6.10 Å². The van der Waals surface area contributed by atoms with Gasteiger partial charge in [0.2, 0.25) is 0 Å². The molecular formula is C7H10O3. The van der Waals surface area contributed by atoms with E-state index in [-0.39, 0.29) is 6.10 Å². The minimum atomic E-state index is -1.18. The van der Waals surface area contributed by atoms with E-state index in [2.05, 4.69) is 4.74 Å². The molecule has 1 aliphatic carbocycles. The molecule has 0 unspecified atom stereocenters. The van der Waals surface area contributed by atoms with Crippen LogP contribution in [0.3, 0.4) is 0 Å². The zero-order chi connectivity index (χ0) is 7.40. The maximum absolute atomic E-state index is 10.0. The van der Waals surface area contributed by atoms with Gasteiger partial charge in [-0.05, 0) is 25.3 Å². The molecule has 1 N–H and O–H groups in total. The standard InChI is InChI=1S/C7H10O3/c8-7(9)10-6-4-2-1-3-5-6/h2,4,6H,1,3,5H2,(H,8,9)/t6-/m0/s1. The number of rotatable bonds is 1. The van der Waals surface area contributed by atoms with Gasteiger partial charge in [0.25, 0.3) is 0 Å². The summed E-state index contributed by atoms with van der Waals surface area (Å²) in [5.74, 6) is 0. The SMILES string of the molecule is O=C(O)O[C@H]1C=CCCC1. The molecule has 0 spiro atoms. The van der Waals surface area contributed by atoms with Crippen molar-refractivity contribution in [3.8, 4) is 0 Å². The third-order valence-electron chi connectivity index (χ3n) is 1.46. The fourth-order valence-electron chi connectivity index (χ4n) is 1.01. The molecule has 10 heavy (non-hydrogen) atoms. The van der Waals surface area contributed by atoms with Crippen LogP contribution in [0.25, 0.3) is 0 Å². The molecule has 0 aromatic heterocycles. The Morgan fingerprint density at radius 1 is 1.70 bits per heavy atom. The van der Waals surface area contributed by atoms with Crippen molar-refractivity contribution in [1.29, 1.82) is 0 Å². The minimum absolute atomic E-state index is 0.203. The third-order valence-corrected chi connectivity index (χ3v) is 1.46. The Labute approximate surface area is 59.3 Å². The maximum atomic E-state index is 10.0. The molecule has 0 bridgehead atoms. The molecule has 0 aromatic carbocycles. The molecule has 0 heterocycles. The van der Waals surface area contributed by atoms with E-state index in [0.717, 1.165) is 19.3 Å². The number of hydrogen-bond donors (Lipinski definition) is 1. The van der Waals surface area contributed by atoms with Crippen LogP contribution in [-0.2, 0) is 4.74 Å². The van der Waals surface area contributed by atoms with Gasteiger partial charge in [-0.15, -0.1) is 0 Å². The van der Waals surface area contributed by atoms with Crippen molar-refractivity contribution in [3.05, 3.63) is 12.2 Å². The highest BCUT2D eigenvalue weighted by atomic mass is 16.7. The summed E-state index contributed by atoms with van der Waals surface area (Å²) in [5.41, 5.74) is 0. The van der Waals surface area contributed by atoms with Crippen LogP contribution in [0.4, 0.5) is 4.79 Å². The second-order valence-corrected chi connectivity index (χ2v) is 2.28. The van der Waals surface area contributed by atoms with Gasteiger partial charge >= 0.3 is 6.16 Å². The number of carbonyl (C=O) groups is 1. The van der Waals surface area contributed by atoms with Crippen LogP contribution in [0, 0.1) is 0 Å². The summed E-state index contributed by atoms with van der Waals surface area (Å²) in [6.45, 7) is 0. The van der Waals surface area contributed by atoms with Gasteiger partial charge in [0, 0.05) is 0 Å². The summed E-state index contributed by atoms with van der Waals surface area (Å²) in [5, 5.41) is 8.21. The molecule has 0 aliphatic heterocycles. The van der Waals surface area contributed by atoms with E-state index in [1.807, 2.05) is 6.08 Å². The van der Waals surface area contributed by atoms with E-state index in [1.54, 1.807) is 6.08 Å². The Hall–Kier alpha value is -0.990. The van der Waals surface area contributed by atoms with Crippen molar-refractivity contribution in [3.63, 3.8) is 0 Å². The van der Waals surface area contributed by atoms with Crippen molar-refractivity contribution < 1.29 is 14.6 Å². The molecule has 0 amide bonds. The van der Waals surface area contributed by atoms with E-state index < -0.39 is 6.16 Å². The van der Waals surface area contributed by atoms with E-state index in [0.29, 0.717) is 0 Å². The molecule has 0 saturated carbocycles. The van der Waals surface area contributed by atoms with Crippen LogP contribution in [0.15, 0.2) is 12.2 Å². The van der Waals surface area contributed by atoms with Crippen LogP contribution in [-0.4, -0.2) is 17.4 Å². The second kappa shape index (κ2) is 3.25. The monoisotopic (exact) mass is 142 g/mol. The van der Waals surface area contributed by atoms with Crippen molar-refractivity contribution in [2.75, 3.05) is 0 Å². The van der Waals surface area contributed by atoms with Crippen molar-refractivity contribution in [2.24, 2.45) is 0 Å². The quantitative estimate of drug-likeness (QED) is 0.448. The average molecular weight is 142 g/mol. The first-order valence-electron chi connectivity index (χ1n) is 3.35. The number of allylic oxidation sites excluding steroid dienone is 1. The predicted molar refractivity (Wildman–Crippen MR) is 35.9 cm³/mol. The molecule has 1 aliphatic rings. The summed E-state index contributed by atoms with van der Waals surface area (Å²) in [6, 6.07) is 0. The summed E-state index contributed by atoms with van der Waals surface area (Å²) in [6.07, 6.45) is 5.26. The van der Waals surface area contributed by atoms with Crippen molar-refractivity contribution in [1.82, 2.24) is 0 Å². The van der Waals surface area contributed by atoms with Crippen LogP contribution in [0.1, 0.15) is 19.3 Å². The largest absolute Gasteiger partial charge is 0.506 e. The lowest BCUT2D eigenvalue weighted by Gasteiger charge is -2.14. The lowest BCUT2D eigenvalue weighted by Crippen LogP contribution is -2.15. The molecule has 3 heteroatoms. The number of hydrogen-bond acceptors (Lipinski definition) is 2. The van der Waals surface area contributed by atoms with Gasteiger partial charge in [-0.25, -0.2) is 4.79 Å². The molecule has 1 atom stereocenters. The second-order valence-electron chi connectivity index (χ2n) is 2.28. The van der Waals surface area contributed by atoms with E-state index in [1.165, 1.54) is 0 Å². The van der Waals surface area contributed by atoms with Crippen LogP contribution in [0.5, 0.6) is 0 Å². The first-order valence-corrected chi connectivity index (χ1v) is 3.35. The summed E-state index contributed by atoms with van der Waals surface area (Å²) in [4.78, 5) is 10.0. The van der Waals surface area contributed by atoms with Gasteiger partial charge in [0.15, 0.2) is 0 Å². The zero-order valence-electron chi connectivity index (χ0n) is 5.62. The smallest absolute Gasteiger partial charge is 0.450 e. The van der Waals surface area contributed by atoms with Crippen LogP contribution >= 0.6 is 0 Å². The fourth-order valence-corrected chi connectivity index (χ4v) is 1.01. The highest BCUT2D eigenvalue weighted by molar-refractivity contribution is 5.57. The van der Waals surface area contributed by atoms with Gasteiger partial charge < -0.3 is 9.84 Å². The Morgan fingerprint density at radius 3 is 3.00 bits per heavy atom.